The Hall–Kier alpha value is -2.51. The molecule has 8 heteroatoms. The fourth-order valence-electron chi connectivity index (χ4n) is 2.03. The fourth-order valence-corrected chi connectivity index (χ4v) is 3.03. The molecular formula is C18H17ClN2O4S. The van der Waals surface area contributed by atoms with Crippen LogP contribution in [0.25, 0.3) is 0 Å². The number of carbonyl (C=O) groups is 3. The van der Waals surface area contributed by atoms with Crippen LogP contribution in [0, 0.1) is 6.92 Å². The number of nitrogens with zero attached hydrogens (tertiary/aromatic N) is 1. The molecule has 0 aliphatic heterocycles. The van der Waals surface area contributed by atoms with Crippen molar-refractivity contribution in [3.8, 4) is 0 Å². The number of aryl methyl sites for hydroxylation is 1. The van der Waals surface area contributed by atoms with Gasteiger partial charge in [0, 0.05) is 23.4 Å². The van der Waals surface area contributed by atoms with E-state index in [4.69, 9.17) is 16.3 Å². The predicted molar refractivity (Wildman–Crippen MR) is 101 cm³/mol. The molecule has 0 atom stereocenters. The van der Waals surface area contributed by atoms with E-state index in [2.05, 4.69) is 16.9 Å². The predicted octanol–water partition coefficient (Wildman–Crippen LogP) is 4.05. The molecular weight excluding hydrogens is 376 g/mol. The third-order valence-electron chi connectivity index (χ3n) is 3.31. The highest BCUT2D eigenvalue weighted by Crippen LogP contribution is 2.23. The van der Waals surface area contributed by atoms with E-state index in [1.54, 1.807) is 31.2 Å². The molecule has 26 heavy (non-hydrogen) atoms. The van der Waals surface area contributed by atoms with Crippen LogP contribution in [0.5, 0.6) is 0 Å². The van der Waals surface area contributed by atoms with Gasteiger partial charge >= 0.3 is 5.97 Å². The first kappa shape index (κ1) is 19.8. The van der Waals surface area contributed by atoms with Crippen LogP contribution in [0.15, 0.2) is 36.9 Å². The van der Waals surface area contributed by atoms with Crippen molar-refractivity contribution in [2.24, 2.45) is 0 Å². The number of benzene rings is 1. The smallest absolute Gasteiger partial charge is 0.350 e. The maximum atomic E-state index is 12.1. The second kappa shape index (κ2) is 9.26. The zero-order valence-electron chi connectivity index (χ0n) is 14.1. The molecule has 0 saturated heterocycles. The lowest BCUT2D eigenvalue weighted by Gasteiger charge is -2.02. The van der Waals surface area contributed by atoms with Gasteiger partial charge in [0.1, 0.15) is 11.5 Å². The first-order valence-electron chi connectivity index (χ1n) is 7.74. The Morgan fingerprint density at radius 3 is 2.62 bits per heavy atom. The van der Waals surface area contributed by atoms with Crippen LogP contribution >= 0.6 is 22.9 Å². The SMILES string of the molecule is C=CCOC(=O)c1sc(NC(=O)CCC(=O)c2ccc(Cl)cc2)nc1C. The summed E-state index contributed by atoms with van der Waals surface area (Å²) < 4.78 is 4.96. The van der Waals surface area contributed by atoms with Crippen molar-refractivity contribution >= 4 is 45.7 Å². The van der Waals surface area contributed by atoms with Gasteiger partial charge in [0.25, 0.3) is 0 Å². The van der Waals surface area contributed by atoms with E-state index in [1.807, 2.05) is 0 Å². The van der Waals surface area contributed by atoms with E-state index >= 15 is 0 Å². The van der Waals surface area contributed by atoms with Crippen molar-refractivity contribution in [2.45, 2.75) is 19.8 Å². The summed E-state index contributed by atoms with van der Waals surface area (Å²) in [6.07, 6.45) is 1.54. The Labute approximate surface area is 159 Å². The number of halogens is 1. The summed E-state index contributed by atoms with van der Waals surface area (Å²) in [4.78, 5) is 40.4. The number of esters is 1. The highest BCUT2D eigenvalue weighted by atomic mass is 35.5. The standard InChI is InChI=1S/C18H17ClN2O4S/c1-3-10-25-17(24)16-11(2)20-18(26-16)21-15(23)9-8-14(22)12-4-6-13(19)7-5-12/h3-7H,1,8-10H2,2H3,(H,20,21,23). The molecule has 2 rings (SSSR count). The average molecular weight is 393 g/mol. The van der Waals surface area contributed by atoms with Gasteiger partial charge in [-0.05, 0) is 31.2 Å². The van der Waals surface area contributed by atoms with Crippen LogP contribution in [0.4, 0.5) is 5.13 Å². The zero-order chi connectivity index (χ0) is 19.1. The van der Waals surface area contributed by atoms with Gasteiger partial charge in [-0.2, -0.15) is 0 Å². The Balaban J connectivity index is 1.89. The minimum Gasteiger partial charge on any atom is -0.457 e. The summed E-state index contributed by atoms with van der Waals surface area (Å²) in [6.45, 7) is 5.23. The van der Waals surface area contributed by atoms with E-state index in [1.165, 1.54) is 6.08 Å². The van der Waals surface area contributed by atoms with Crippen molar-refractivity contribution in [3.05, 3.63) is 58.1 Å². The van der Waals surface area contributed by atoms with Gasteiger partial charge in [0.05, 0.1) is 5.69 Å². The lowest BCUT2D eigenvalue weighted by Crippen LogP contribution is -2.13. The topological polar surface area (TPSA) is 85.4 Å². The summed E-state index contributed by atoms with van der Waals surface area (Å²) in [5.41, 5.74) is 0.969. The average Bonchev–Trinajstić information content (AvgIpc) is 2.98. The number of rotatable bonds is 8. The quantitative estimate of drug-likeness (QED) is 0.416. The number of thiazole rings is 1. The maximum Gasteiger partial charge on any atom is 0.350 e. The van der Waals surface area contributed by atoms with Crippen LogP contribution in [-0.2, 0) is 9.53 Å². The number of hydrogen-bond donors (Lipinski definition) is 1. The van der Waals surface area contributed by atoms with Crippen LogP contribution in [0.1, 0.15) is 38.6 Å². The Morgan fingerprint density at radius 2 is 1.96 bits per heavy atom. The lowest BCUT2D eigenvalue weighted by atomic mass is 10.1. The van der Waals surface area contributed by atoms with Gasteiger partial charge in [-0.25, -0.2) is 9.78 Å². The van der Waals surface area contributed by atoms with E-state index < -0.39 is 5.97 Å². The molecule has 0 saturated carbocycles. The highest BCUT2D eigenvalue weighted by Gasteiger charge is 2.18. The number of amides is 1. The number of carbonyl (C=O) groups excluding carboxylic acids is 3. The Kier molecular flexibility index (Phi) is 7.06. The normalized spacial score (nSPS) is 10.2. The van der Waals surface area contributed by atoms with Gasteiger partial charge in [-0.3, -0.25) is 9.59 Å². The van der Waals surface area contributed by atoms with Crippen molar-refractivity contribution in [1.29, 1.82) is 0 Å². The molecule has 0 spiro atoms. The molecule has 1 aromatic carbocycles. The Bertz CT molecular complexity index is 830. The highest BCUT2D eigenvalue weighted by molar-refractivity contribution is 7.17. The molecule has 1 N–H and O–H groups in total. The van der Waals surface area contributed by atoms with Gasteiger partial charge in [-0.15, -0.1) is 0 Å². The van der Waals surface area contributed by atoms with Gasteiger partial charge in [0.15, 0.2) is 10.9 Å². The third-order valence-corrected chi connectivity index (χ3v) is 4.61. The van der Waals surface area contributed by atoms with E-state index in [0.717, 1.165) is 11.3 Å². The van der Waals surface area contributed by atoms with E-state index in [-0.39, 0.29) is 36.3 Å². The van der Waals surface area contributed by atoms with Crippen molar-refractivity contribution < 1.29 is 19.1 Å². The van der Waals surface area contributed by atoms with Crippen LogP contribution in [0.2, 0.25) is 5.02 Å². The molecule has 1 amide bonds. The fraction of sp³-hybridized carbons (Fsp3) is 0.222. The molecule has 0 unspecified atom stereocenters. The first-order valence-corrected chi connectivity index (χ1v) is 8.94. The molecule has 6 nitrogen and oxygen atoms in total. The monoisotopic (exact) mass is 392 g/mol. The summed E-state index contributed by atoms with van der Waals surface area (Å²) in [5.74, 6) is -1.02. The minimum absolute atomic E-state index is 0.0102. The second-order valence-electron chi connectivity index (χ2n) is 5.30. The van der Waals surface area contributed by atoms with Crippen LogP contribution < -0.4 is 5.32 Å². The second-order valence-corrected chi connectivity index (χ2v) is 6.73. The number of ether oxygens (including phenoxy) is 1. The van der Waals surface area contributed by atoms with Crippen LogP contribution in [-0.4, -0.2) is 29.3 Å². The zero-order valence-corrected chi connectivity index (χ0v) is 15.7. The molecule has 136 valence electrons. The van der Waals surface area contributed by atoms with Gasteiger partial charge in [-0.1, -0.05) is 35.6 Å². The van der Waals surface area contributed by atoms with E-state index in [9.17, 15) is 14.4 Å². The summed E-state index contributed by atoms with van der Waals surface area (Å²) >= 11 is 6.81. The van der Waals surface area contributed by atoms with Crippen LogP contribution in [0.3, 0.4) is 0 Å². The largest absolute Gasteiger partial charge is 0.457 e. The third kappa shape index (κ3) is 5.50. The van der Waals surface area contributed by atoms with Gasteiger partial charge in [0.2, 0.25) is 5.91 Å². The summed E-state index contributed by atoms with van der Waals surface area (Å²) in [6, 6.07) is 6.49. The molecule has 1 aromatic heterocycles. The first-order chi connectivity index (χ1) is 12.4. The molecule has 0 radical (unpaired) electrons. The number of Topliss-reactive ketones (excluding diaryl/α,β-unsaturated/α-hetero) is 1. The summed E-state index contributed by atoms with van der Waals surface area (Å²) in [5, 5.41) is 3.43. The number of ketones is 1. The Morgan fingerprint density at radius 1 is 1.27 bits per heavy atom. The number of nitrogens with one attached hydrogen (secondary N) is 1. The minimum atomic E-state index is -0.515. The van der Waals surface area contributed by atoms with Crippen molar-refractivity contribution in [3.63, 3.8) is 0 Å². The number of aromatic nitrogens is 1. The van der Waals surface area contributed by atoms with Crippen molar-refractivity contribution in [2.75, 3.05) is 11.9 Å². The number of hydrogen-bond acceptors (Lipinski definition) is 6. The lowest BCUT2D eigenvalue weighted by molar-refractivity contribution is -0.116. The molecule has 0 bridgehead atoms. The molecule has 2 aromatic rings. The number of anilines is 1. The maximum absolute atomic E-state index is 12.1. The molecule has 0 fully saturated rings. The summed E-state index contributed by atoms with van der Waals surface area (Å²) in [7, 11) is 0. The molecule has 0 aliphatic carbocycles. The molecule has 0 aliphatic rings. The van der Waals surface area contributed by atoms with E-state index in [0.29, 0.717) is 21.2 Å². The van der Waals surface area contributed by atoms with Crippen molar-refractivity contribution in [1.82, 2.24) is 4.98 Å². The van der Waals surface area contributed by atoms with Gasteiger partial charge < -0.3 is 10.1 Å². The molecule has 1 heterocycles.